The lowest BCUT2D eigenvalue weighted by atomic mass is 9.93. The van der Waals surface area contributed by atoms with Crippen molar-refractivity contribution >= 4 is 0 Å². The Morgan fingerprint density at radius 1 is 1.21 bits per heavy atom. The Morgan fingerprint density at radius 3 is 3.00 bits per heavy atom. The number of pyridine rings is 1. The van der Waals surface area contributed by atoms with Gasteiger partial charge in [-0.15, -0.1) is 0 Å². The first kappa shape index (κ1) is 17.5. The van der Waals surface area contributed by atoms with Gasteiger partial charge in [-0.1, -0.05) is 12.1 Å². The van der Waals surface area contributed by atoms with Crippen LogP contribution in [0.2, 0.25) is 0 Å². The SMILES string of the molecule is Cc1n[nH]nc1-c1ccnc(-c2cn(C[C@H]3CCOc4c(F)cccc43)cn2)c1. The second-order valence-corrected chi connectivity index (χ2v) is 7.14. The van der Waals surface area contributed by atoms with Crippen molar-refractivity contribution < 1.29 is 9.13 Å². The molecule has 0 amide bonds. The molecule has 146 valence electrons. The van der Waals surface area contributed by atoms with Crippen molar-refractivity contribution in [3.05, 3.63) is 66.1 Å². The lowest BCUT2D eigenvalue weighted by molar-refractivity contribution is 0.246. The van der Waals surface area contributed by atoms with Crippen LogP contribution < -0.4 is 4.74 Å². The zero-order valence-corrected chi connectivity index (χ0v) is 15.8. The lowest BCUT2D eigenvalue weighted by Gasteiger charge is -2.26. The van der Waals surface area contributed by atoms with Crippen LogP contribution in [0.5, 0.6) is 5.75 Å². The van der Waals surface area contributed by atoms with E-state index in [1.54, 1.807) is 18.6 Å². The third-order valence-electron chi connectivity index (χ3n) is 5.23. The van der Waals surface area contributed by atoms with Crippen molar-refractivity contribution in [1.82, 2.24) is 29.9 Å². The van der Waals surface area contributed by atoms with Crippen LogP contribution in [0.15, 0.2) is 49.1 Å². The Balaban J connectivity index is 1.40. The topological polar surface area (TPSA) is 81.5 Å². The molecule has 0 saturated carbocycles. The van der Waals surface area contributed by atoms with Crippen LogP contribution in [0.4, 0.5) is 4.39 Å². The maximum absolute atomic E-state index is 14.0. The average molecular weight is 390 g/mol. The summed E-state index contributed by atoms with van der Waals surface area (Å²) in [7, 11) is 0. The third kappa shape index (κ3) is 3.26. The number of rotatable bonds is 4. The van der Waals surface area contributed by atoms with Gasteiger partial charge in [0.05, 0.1) is 24.3 Å². The molecular formula is C21H19FN6O. The van der Waals surface area contributed by atoms with Crippen LogP contribution in [0.1, 0.15) is 23.6 Å². The monoisotopic (exact) mass is 390 g/mol. The number of hydrogen-bond donors (Lipinski definition) is 1. The van der Waals surface area contributed by atoms with Crippen LogP contribution in [-0.4, -0.2) is 36.6 Å². The Hall–Kier alpha value is -3.55. The Bertz CT molecular complexity index is 1170. The molecule has 7 nitrogen and oxygen atoms in total. The van der Waals surface area contributed by atoms with Crippen molar-refractivity contribution in [3.8, 4) is 28.4 Å². The number of aromatic nitrogens is 6. The summed E-state index contributed by atoms with van der Waals surface area (Å²) in [6.45, 7) is 3.12. The van der Waals surface area contributed by atoms with Crippen LogP contribution in [0, 0.1) is 12.7 Å². The van der Waals surface area contributed by atoms with Gasteiger partial charge in [-0.3, -0.25) is 4.98 Å². The molecule has 0 unspecified atom stereocenters. The van der Waals surface area contributed by atoms with E-state index < -0.39 is 0 Å². The van der Waals surface area contributed by atoms with Crippen molar-refractivity contribution in [2.24, 2.45) is 0 Å². The normalized spacial score (nSPS) is 15.7. The van der Waals surface area contributed by atoms with E-state index in [4.69, 9.17) is 4.74 Å². The summed E-state index contributed by atoms with van der Waals surface area (Å²) in [6, 6.07) is 8.96. The number of para-hydroxylation sites is 1. The summed E-state index contributed by atoms with van der Waals surface area (Å²) in [5.74, 6) is 0.248. The largest absolute Gasteiger partial charge is 0.490 e. The second kappa shape index (κ2) is 7.12. The number of halogens is 1. The molecule has 4 aromatic rings. The molecule has 1 aromatic carbocycles. The molecule has 1 aliphatic rings. The summed E-state index contributed by atoms with van der Waals surface area (Å²) in [6.07, 6.45) is 6.34. The first-order valence-electron chi connectivity index (χ1n) is 9.46. The first-order valence-corrected chi connectivity index (χ1v) is 9.46. The molecular weight excluding hydrogens is 371 g/mol. The van der Waals surface area contributed by atoms with E-state index in [9.17, 15) is 4.39 Å². The van der Waals surface area contributed by atoms with Crippen molar-refractivity contribution in [2.75, 3.05) is 6.61 Å². The minimum atomic E-state index is -0.303. The fraction of sp³-hybridized carbons (Fsp3) is 0.238. The molecule has 1 atom stereocenters. The van der Waals surface area contributed by atoms with Crippen LogP contribution >= 0.6 is 0 Å². The average Bonchev–Trinajstić information content (AvgIpc) is 3.38. The van der Waals surface area contributed by atoms with Gasteiger partial charge in [0.2, 0.25) is 0 Å². The summed E-state index contributed by atoms with van der Waals surface area (Å²) in [5.41, 5.74) is 5.02. The summed E-state index contributed by atoms with van der Waals surface area (Å²) in [5, 5.41) is 10.9. The van der Waals surface area contributed by atoms with Gasteiger partial charge in [0.1, 0.15) is 11.4 Å². The van der Waals surface area contributed by atoms with Gasteiger partial charge in [-0.25, -0.2) is 9.37 Å². The number of aromatic amines is 1. The molecule has 0 radical (unpaired) electrons. The highest BCUT2D eigenvalue weighted by molar-refractivity contribution is 5.67. The predicted octanol–water partition coefficient (Wildman–Crippen LogP) is 3.74. The van der Waals surface area contributed by atoms with Crippen molar-refractivity contribution in [3.63, 3.8) is 0 Å². The standard InChI is InChI=1S/C21H19FN6O/c1-13-20(26-27-25-13)14-5-7-23-18(9-14)19-11-28(12-24-19)10-15-6-8-29-21-16(15)3-2-4-17(21)22/h2-5,7,9,11-12,15H,6,8,10H2,1H3,(H,25,26,27)/t15-/m1/s1. The molecule has 1 aliphatic heterocycles. The number of benzene rings is 1. The molecule has 0 saturated heterocycles. The number of nitrogens with zero attached hydrogens (tertiary/aromatic N) is 5. The number of imidazole rings is 1. The van der Waals surface area contributed by atoms with E-state index in [0.717, 1.165) is 40.3 Å². The fourth-order valence-corrected chi connectivity index (χ4v) is 3.77. The van der Waals surface area contributed by atoms with Crippen LogP contribution in [0.3, 0.4) is 0 Å². The highest BCUT2D eigenvalue weighted by Gasteiger charge is 2.24. The van der Waals surface area contributed by atoms with Crippen molar-refractivity contribution in [1.29, 1.82) is 0 Å². The van der Waals surface area contributed by atoms with E-state index in [1.165, 1.54) is 6.07 Å². The molecule has 8 heteroatoms. The first-order chi connectivity index (χ1) is 14.2. The Labute approximate surface area is 166 Å². The van der Waals surface area contributed by atoms with E-state index in [2.05, 4.69) is 25.4 Å². The zero-order chi connectivity index (χ0) is 19.8. The zero-order valence-electron chi connectivity index (χ0n) is 15.8. The van der Waals surface area contributed by atoms with Gasteiger partial charge in [-0.2, -0.15) is 15.4 Å². The third-order valence-corrected chi connectivity index (χ3v) is 5.23. The van der Waals surface area contributed by atoms with Gasteiger partial charge in [-0.05, 0) is 31.5 Å². The number of H-pyrrole nitrogens is 1. The van der Waals surface area contributed by atoms with Crippen LogP contribution in [-0.2, 0) is 6.54 Å². The summed E-state index contributed by atoms with van der Waals surface area (Å²) < 4.78 is 21.6. The highest BCUT2D eigenvalue weighted by atomic mass is 19.1. The van der Waals surface area contributed by atoms with Gasteiger partial charge >= 0.3 is 0 Å². The molecule has 0 spiro atoms. The quantitative estimate of drug-likeness (QED) is 0.574. The maximum atomic E-state index is 14.0. The smallest absolute Gasteiger partial charge is 0.165 e. The van der Waals surface area contributed by atoms with Gasteiger partial charge in [0, 0.05) is 36.0 Å². The molecule has 1 N–H and O–H groups in total. The van der Waals surface area contributed by atoms with Gasteiger partial charge < -0.3 is 9.30 Å². The fourth-order valence-electron chi connectivity index (χ4n) is 3.77. The summed E-state index contributed by atoms with van der Waals surface area (Å²) >= 11 is 0. The molecule has 29 heavy (non-hydrogen) atoms. The highest BCUT2D eigenvalue weighted by Crippen LogP contribution is 2.36. The minimum Gasteiger partial charge on any atom is -0.490 e. The Morgan fingerprint density at radius 2 is 2.14 bits per heavy atom. The summed E-state index contributed by atoms with van der Waals surface area (Å²) in [4.78, 5) is 8.97. The molecule has 5 rings (SSSR count). The van der Waals surface area contributed by atoms with Crippen molar-refractivity contribution in [2.45, 2.75) is 25.8 Å². The molecule has 0 bridgehead atoms. The minimum absolute atomic E-state index is 0.175. The van der Waals surface area contributed by atoms with E-state index >= 15 is 0 Å². The molecule has 0 aliphatic carbocycles. The van der Waals surface area contributed by atoms with E-state index in [0.29, 0.717) is 18.9 Å². The number of fused-ring (bicyclic) bond motifs is 1. The second-order valence-electron chi connectivity index (χ2n) is 7.14. The predicted molar refractivity (Wildman–Crippen MR) is 105 cm³/mol. The number of hydrogen-bond acceptors (Lipinski definition) is 5. The van der Waals surface area contributed by atoms with E-state index in [-0.39, 0.29) is 11.7 Å². The van der Waals surface area contributed by atoms with Crippen LogP contribution in [0.25, 0.3) is 22.6 Å². The molecule has 3 aromatic heterocycles. The number of nitrogens with one attached hydrogen (secondary N) is 1. The van der Waals surface area contributed by atoms with Gasteiger partial charge in [0.15, 0.2) is 11.6 Å². The Kier molecular flexibility index (Phi) is 4.31. The maximum Gasteiger partial charge on any atom is 0.165 e. The number of aryl methyl sites for hydroxylation is 1. The number of ether oxygens (including phenoxy) is 1. The van der Waals surface area contributed by atoms with Gasteiger partial charge in [0.25, 0.3) is 0 Å². The molecule has 0 fully saturated rings. The lowest BCUT2D eigenvalue weighted by Crippen LogP contribution is -2.19. The van der Waals surface area contributed by atoms with E-state index in [1.807, 2.05) is 35.9 Å². The molecule has 4 heterocycles.